The number of unbranched alkanes of at least 4 members (excludes halogenated alkanes) is 1. The average molecular weight is 298 g/mol. The lowest BCUT2D eigenvalue weighted by atomic mass is 9.95. The summed E-state index contributed by atoms with van der Waals surface area (Å²) in [5.41, 5.74) is -0.537. The van der Waals surface area contributed by atoms with E-state index in [4.69, 9.17) is 4.74 Å². The number of ether oxygens (including phenoxy) is 1. The zero-order valence-corrected chi connectivity index (χ0v) is 14.4. The van der Waals surface area contributed by atoms with Gasteiger partial charge >= 0.3 is 5.97 Å². The molecule has 1 N–H and O–H groups in total. The van der Waals surface area contributed by atoms with Crippen LogP contribution in [-0.4, -0.2) is 48.7 Å². The van der Waals surface area contributed by atoms with Crippen LogP contribution >= 0.6 is 0 Å². The fourth-order valence-electron chi connectivity index (χ4n) is 2.86. The number of rotatable bonds is 12. The van der Waals surface area contributed by atoms with E-state index in [9.17, 15) is 4.79 Å². The van der Waals surface area contributed by atoms with E-state index in [2.05, 4.69) is 17.1 Å². The van der Waals surface area contributed by atoms with Crippen molar-refractivity contribution in [2.45, 2.75) is 77.8 Å². The van der Waals surface area contributed by atoms with E-state index < -0.39 is 5.54 Å². The number of likely N-dealkylation sites (N-methyl/N-ethyl adjacent to an activating group) is 1. The normalized spacial score (nSPS) is 17.8. The molecule has 1 saturated carbocycles. The Kier molecular flexibility index (Phi) is 8.27. The minimum Gasteiger partial charge on any atom is -0.465 e. The molecule has 0 spiro atoms. The Bertz CT molecular complexity index is 305. The third-order valence-electron chi connectivity index (χ3n) is 4.28. The highest BCUT2D eigenvalue weighted by atomic mass is 16.5. The van der Waals surface area contributed by atoms with E-state index in [-0.39, 0.29) is 5.97 Å². The van der Waals surface area contributed by atoms with E-state index >= 15 is 0 Å². The highest BCUT2D eigenvalue weighted by Crippen LogP contribution is 2.28. The van der Waals surface area contributed by atoms with Gasteiger partial charge < -0.3 is 15.0 Å². The van der Waals surface area contributed by atoms with Gasteiger partial charge in [-0.2, -0.15) is 0 Å². The average Bonchev–Trinajstić information content (AvgIpc) is 3.27. The van der Waals surface area contributed by atoms with Gasteiger partial charge in [0.2, 0.25) is 0 Å². The smallest absolute Gasteiger partial charge is 0.326 e. The first-order valence-corrected chi connectivity index (χ1v) is 8.73. The Balaban J connectivity index is 2.42. The molecule has 21 heavy (non-hydrogen) atoms. The van der Waals surface area contributed by atoms with Crippen LogP contribution in [0.5, 0.6) is 0 Å². The summed E-state index contributed by atoms with van der Waals surface area (Å²) in [5.74, 6) is -0.113. The first-order chi connectivity index (χ1) is 10.1. The van der Waals surface area contributed by atoms with Crippen LogP contribution in [0, 0.1) is 0 Å². The molecule has 0 saturated heterocycles. The molecule has 0 amide bonds. The van der Waals surface area contributed by atoms with E-state index in [1.54, 1.807) is 0 Å². The quantitative estimate of drug-likeness (QED) is 0.562. The van der Waals surface area contributed by atoms with Crippen LogP contribution in [0.25, 0.3) is 0 Å². The summed E-state index contributed by atoms with van der Waals surface area (Å²) in [6.45, 7) is 11.7. The largest absolute Gasteiger partial charge is 0.465 e. The first kappa shape index (κ1) is 18.4. The number of carbonyl (C=O) groups excluding carboxylic acids is 1. The molecule has 1 unspecified atom stereocenters. The summed E-state index contributed by atoms with van der Waals surface area (Å²) in [7, 11) is 0. The number of hydrogen-bond donors (Lipinski definition) is 1. The van der Waals surface area contributed by atoms with Gasteiger partial charge in [-0.1, -0.05) is 20.3 Å². The third kappa shape index (κ3) is 6.35. The van der Waals surface area contributed by atoms with E-state index in [1.165, 1.54) is 32.2 Å². The molecule has 0 aromatic rings. The molecule has 0 bridgehead atoms. The lowest BCUT2D eigenvalue weighted by Gasteiger charge is -2.29. The molecule has 0 aromatic heterocycles. The molecule has 1 aliphatic rings. The summed E-state index contributed by atoms with van der Waals surface area (Å²) in [4.78, 5) is 14.8. The van der Waals surface area contributed by atoms with Gasteiger partial charge in [-0.3, -0.25) is 4.79 Å². The van der Waals surface area contributed by atoms with Crippen molar-refractivity contribution in [3.8, 4) is 0 Å². The summed E-state index contributed by atoms with van der Waals surface area (Å²) >= 11 is 0. The zero-order chi connectivity index (χ0) is 15.7. The Morgan fingerprint density at radius 2 is 1.90 bits per heavy atom. The topological polar surface area (TPSA) is 41.6 Å². The van der Waals surface area contributed by atoms with Crippen molar-refractivity contribution in [2.24, 2.45) is 0 Å². The maximum absolute atomic E-state index is 12.2. The second-order valence-electron chi connectivity index (χ2n) is 6.31. The first-order valence-electron chi connectivity index (χ1n) is 8.73. The number of nitrogens with zero attached hydrogens (tertiary/aromatic N) is 1. The molecule has 124 valence electrons. The van der Waals surface area contributed by atoms with Gasteiger partial charge in [-0.05, 0) is 65.6 Å². The van der Waals surface area contributed by atoms with Crippen LogP contribution in [0.4, 0.5) is 0 Å². The molecule has 0 aromatic carbocycles. The standard InChI is InChI=1S/C17H34N2O2/c1-5-8-13-19(15-10-11-15)14-9-12-17(4,18-6-2)16(20)21-7-3/h15,18H,5-14H2,1-4H3. The Morgan fingerprint density at radius 3 is 2.43 bits per heavy atom. The van der Waals surface area contributed by atoms with Crippen molar-refractivity contribution in [2.75, 3.05) is 26.2 Å². The van der Waals surface area contributed by atoms with Crippen molar-refractivity contribution in [1.82, 2.24) is 10.2 Å². The molecule has 1 fully saturated rings. The Morgan fingerprint density at radius 1 is 1.24 bits per heavy atom. The molecular weight excluding hydrogens is 264 g/mol. The lowest BCUT2D eigenvalue weighted by molar-refractivity contribution is -0.150. The highest BCUT2D eigenvalue weighted by molar-refractivity contribution is 5.80. The van der Waals surface area contributed by atoms with Crippen LogP contribution in [-0.2, 0) is 9.53 Å². The molecule has 1 rings (SSSR count). The van der Waals surface area contributed by atoms with Gasteiger partial charge in [-0.15, -0.1) is 0 Å². The van der Waals surface area contributed by atoms with Gasteiger partial charge in [-0.25, -0.2) is 0 Å². The van der Waals surface area contributed by atoms with Crippen molar-refractivity contribution >= 4 is 5.97 Å². The molecule has 0 aliphatic heterocycles. The Labute approximate surface area is 130 Å². The summed E-state index contributed by atoms with van der Waals surface area (Å²) in [6.07, 6.45) is 7.12. The maximum Gasteiger partial charge on any atom is 0.326 e. The van der Waals surface area contributed by atoms with Crippen molar-refractivity contribution < 1.29 is 9.53 Å². The van der Waals surface area contributed by atoms with Gasteiger partial charge in [0.15, 0.2) is 0 Å². The lowest BCUT2D eigenvalue weighted by Crippen LogP contribution is -2.50. The van der Waals surface area contributed by atoms with Gasteiger partial charge in [0, 0.05) is 6.04 Å². The summed E-state index contributed by atoms with van der Waals surface area (Å²) in [5, 5.41) is 3.31. The zero-order valence-electron chi connectivity index (χ0n) is 14.4. The van der Waals surface area contributed by atoms with Crippen molar-refractivity contribution in [3.63, 3.8) is 0 Å². The van der Waals surface area contributed by atoms with Crippen LogP contribution in [0.1, 0.15) is 66.2 Å². The minimum absolute atomic E-state index is 0.113. The van der Waals surface area contributed by atoms with Crippen LogP contribution in [0.3, 0.4) is 0 Å². The van der Waals surface area contributed by atoms with Crippen LogP contribution < -0.4 is 5.32 Å². The van der Waals surface area contributed by atoms with Crippen molar-refractivity contribution in [3.05, 3.63) is 0 Å². The monoisotopic (exact) mass is 298 g/mol. The number of esters is 1. The SMILES string of the molecule is CCCCN(CCCC(C)(NCC)C(=O)OCC)C1CC1. The highest BCUT2D eigenvalue weighted by Gasteiger charge is 2.34. The predicted octanol–water partition coefficient (Wildman–Crippen LogP) is 2.96. The van der Waals surface area contributed by atoms with Crippen LogP contribution in [0.2, 0.25) is 0 Å². The number of hydrogen-bond acceptors (Lipinski definition) is 4. The molecular formula is C17H34N2O2. The molecule has 4 heteroatoms. The second-order valence-corrected chi connectivity index (χ2v) is 6.31. The van der Waals surface area contributed by atoms with Gasteiger partial charge in [0.25, 0.3) is 0 Å². The fourth-order valence-corrected chi connectivity index (χ4v) is 2.86. The van der Waals surface area contributed by atoms with Gasteiger partial charge in [0.1, 0.15) is 5.54 Å². The molecule has 4 nitrogen and oxygen atoms in total. The Hall–Kier alpha value is -0.610. The molecule has 0 heterocycles. The van der Waals surface area contributed by atoms with Crippen molar-refractivity contribution in [1.29, 1.82) is 0 Å². The summed E-state index contributed by atoms with van der Waals surface area (Å²) < 4.78 is 5.23. The maximum atomic E-state index is 12.2. The minimum atomic E-state index is -0.537. The summed E-state index contributed by atoms with van der Waals surface area (Å²) in [6, 6.07) is 0.810. The number of carbonyl (C=O) groups is 1. The van der Waals surface area contributed by atoms with Crippen LogP contribution in [0.15, 0.2) is 0 Å². The molecule has 1 atom stereocenters. The van der Waals surface area contributed by atoms with E-state index in [0.29, 0.717) is 6.61 Å². The van der Waals surface area contributed by atoms with Gasteiger partial charge in [0.05, 0.1) is 6.61 Å². The van der Waals surface area contributed by atoms with E-state index in [0.717, 1.165) is 32.0 Å². The predicted molar refractivity (Wildman–Crippen MR) is 87.5 cm³/mol. The molecule has 0 radical (unpaired) electrons. The van der Waals surface area contributed by atoms with E-state index in [1.807, 2.05) is 20.8 Å². The molecule has 1 aliphatic carbocycles. The fraction of sp³-hybridized carbons (Fsp3) is 0.941. The number of nitrogens with one attached hydrogen (secondary N) is 1. The second kappa shape index (κ2) is 9.42. The third-order valence-corrected chi connectivity index (χ3v) is 4.28.